The third-order valence-electron chi connectivity index (χ3n) is 5.56. The van der Waals surface area contributed by atoms with E-state index in [-0.39, 0.29) is 16.8 Å². The fraction of sp³-hybridized carbons (Fsp3) is 0.588. The van der Waals surface area contributed by atoms with E-state index in [1.807, 2.05) is 30.3 Å². The van der Waals surface area contributed by atoms with Crippen molar-refractivity contribution in [2.45, 2.75) is 34.3 Å². The molecule has 0 unspecified atom stereocenters. The first-order chi connectivity index (χ1) is 9.31. The maximum atomic E-state index is 12.6. The van der Waals surface area contributed by atoms with Crippen LogP contribution in [0.15, 0.2) is 30.3 Å². The molecule has 0 aliphatic heterocycles. The van der Waals surface area contributed by atoms with Crippen molar-refractivity contribution >= 4 is 5.97 Å². The number of esters is 1. The van der Waals surface area contributed by atoms with Crippen molar-refractivity contribution in [3.05, 3.63) is 35.9 Å². The Hall–Kier alpha value is -1.35. The molecule has 1 aromatic rings. The largest absolute Gasteiger partial charge is 0.460 e. The summed E-state index contributed by atoms with van der Waals surface area (Å²) in [7, 11) is 1.64. The first kappa shape index (κ1) is 15.0. The Bertz CT molecular complexity index is 474. The molecule has 1 saturated carbocycles. The van der Waals surface area contributed by atoms with E-state index < -0.39 is 5.41 Å². The number of carbonyl (C=O) groups is 1. The lowest BCUT2D eigenvalue weighted by Gasteiger charge is -2.19. The molecule has 0 amide bonds. The van der Waals surface area contributed by atoms with Crippen molar-refractivity contribution in [2.24, 2.45) is 16.2 Å². The second-order valence-corrected chi connectivity index (χ2v) is 6.65. The van der Waals surface area contributed by atoms with Gasteiger partial charge >= 0.3 is 5.97 Å². The summed E-state index contributed by atoms with van der Waals surface area (Å²) in [5, 5.41) is 0. The second-order valence-electron chi connectivity index (χ2n) is 6.65. The molecule has 0 radical (unpaired) electrons. The third-order valence-corrected chi connectivity index (χ3v) is 5.56. The van der Waals surface area contributed by atoms with Crippen molar-refractivity contribution < 1.29 is 14.3 Å². The number of carbonyl (C=O) groups excluding carboxylic acids is 1. The smallest absolute Gasteiger partial charge is 0.315 e. The van der Waals surface area contributed by atoms with Crippen molar-refractivity contribution in [3.63, 3.8) is 0 Å². The van der Waals surface area contributed by atoms with E-state index in [0.29, 0.717) is 13.2 Å². The molecule has 3 nitrogen and oxygen atoms in total. The van der Waals surface area contributed by atoms with Crippen LogP contribution in [0.1, 0.15) is 33.3 Å². The highest BCUT2D eigenvalue weighted by molar-refractivity contribution is 5.84. The number of benzene rings is 1. The van der Waals surface area contributed by atoms with Crippen LogP contribution in [0.5, 0.6) is 0 Å². The van der Waals surface area contributed by atoms with Gasteiger partial charge in [0.15, 0.2) is 0 Å². The predicted molar refractivity (Wildman–Crippen MR) is 78.1 cm³/mol. The van der Waals surface area contributed by atoms with Crippen LogP contribution >= 0.6 is 0 Å². The highest BCUT2D eigenvalue weighted by Crippen LogP contribution is 2.78. The average molecular weight is 276 g/mol. The SMILES string of the molecule is COCC1(C(=O)OCc2ccccc2)C(C)(C)C1(C)C. The molecule has 0 spiro atoms. The standard InChI is InChI=1S/C17H24O3/c1-15(2)16(3,4)17(15,12-19-5)14(18)20-11-13-9-7-6-8-10-13/h6-10H,11-12H2,1-5H3. The molecule has 3 heteroatoms. The Morgan fingerprint density at radius 3 is 2.05 bits per heavy atom. The van der Waals surface area contributed by atoms with Gasteiger partial charge in [0.05, 0.1) is 6.61 Å². The first-order valence-electron chi connectivity index (χ1n) is 7.01. The van der Waals surface area contributed by atoms with Crippen LogP contribution in [0, 0.1) is 16.2 Å². The van der Waals surface area contributed by atoms with E-state index in [9.17, 15) is 4.79 Å². The molecule has 0 saturated heterocycles. The van der Waals surface area contributed by atoms with Crippen LogP contribution in [0.4, 0.5) is 0 Å². The van der Waals surface area contributed by atoms with Gasteiger partial charge in [0.25, 0.3) is 0 Å². The molecule has 0 atom stereocenters. The lowest BCUT2D eigenvalue weighted by atomic mass is 9.96. The van der Waals surface area contributed by atoms with Crippen LogP contribution in [0.25, 0.3) is 0 Å². The number of ether oxygens (including phenoxy) is 2. The molecule has 0 aromatic heterocycles. The van der Waals surface area contributed by atoms with Crippen molar-refractivity contribution in [1.29, 1.82) is 0 Å². The maximum absolute atomic E-state index is 12.6. The molecule has 1 aliphatic rings. The molecule has 20 heavy (non-hydrogen) atoms. The second kappa shape index (κ2) is 4.88. The van der Waals surface area contributed by atoms with Gasteiger partial charge in [-0.2, -0.15) is 0 Å². The Balaban J connectivity index is 2.11. The Labute approximate surface area is 121 Å². The number of methoxy groups -OCH3 is 1. The topological polar surface area (TPSA) is 35.5 Å². The quantitative estimate of drug-likeness (QED) is 0.773. The lowest BCUT2D eigenvalue weighted by molar-refractivity contribution is -0.156. The van der Waals surface area contributed by atoms with Crippen LogP contribution in [-0.4, -0.2) is 19.7 Å². The Morgan fingerprint density at radius 1 is 1.05 bits per heavy atom. The summed E-state index contributed by atoms with van der Waals surface area (Å²) in [4.78, 5) is 12.6. The highest BCUT2D eigenvalue weighted by atomic mass is 16.5. The zero-order valence-electron chi connectivity index (χ0n) is 13.0. The molecule has 110 valence electrons. The van der Waals surface area contributed by atoms with Crippen molar-refractivity contribution in [3.8, 4) is 0 Å². The van der Waals surface area contributed by atoms with E-state index in [4.69, 9.17) is 9.47 Å². The average Bonchev–Trinajstić information content (AvgIpc) is 2.76. The molecule has 2 rings (SSSR count). The normalized spacial score (nSPS) is 21.2. The molecule has 0 heterocycles. The third kappa shape index (κ3) is 1.87. The number of rotatable bonds is 5. The van der Waals surface area contributed by atoms with Gasteiger partial charge in [-0.05, 0) is 16.4 Å². The summed E-state index contributed by atoms with van der Waals surface area (Å²) in [6.07, 6.45) is 0. The van der Waals surface area contributed by atoms with Gasteiger partial charge in [-0.25, -0.2) is 0 Å². The predicted octanol–water partition coefficient (Wildman–Crippen LogP) is 3.43. The van der Waals surface area contributed by atoms with Gasteiger partial charge in [0.2, 0.25) is 0 Å². The minimum Gasteiger partial charge on any atom is -0.460 e. The summed E-state index contributed by atoms with van der Waals surface area (Å²) in [6, 6.07) is 9.75. The zero-order chi connectivity index (χ0) is 15.0. The summed E-state index contributed by atoms with van der Waals surface area (Å²) in [5.41, 5.74) is 0.210. The Morgan fingerprint density at radius 2 is 1.60 bits per heavy atom. The fourth-order valence-electron chi connectivity index (χ4n) is 3.42. The molecule has 1 aromatic carbocycles. The van der Waals surface area contributed by atoms with Crippen LogP contribution < -0.4 is 0 Å². The summed E-state index contributed by atoms with van der Waals surface area (Å²) < 4.78 is 10.9. The van der Waals surface area contributed by atoms with Crippen LogP contribution in [-0.2, 0) is 20.9 Å². The van der Waals surface area contributed by atoms with E-state index in [1.54, 1.807) is 7.11 Å². The number of hydrogen-bond donors (Lipinski definition) is 0. The van der Waals surface area contributed by atoms with Crippen LogP contribution in [0.3, 0.4) is 0 Å². The first-order valence-corrected chi connectivity index (χ1v) is 7.01. The van der Waals surface area contributed by atoms with Gasteiger partial charge in [-0.3, -0.25) is 4.79 Å². The summed E-state index contributed by atoms with van der Waals surface area (Å²) in [5.74, 6) is -0.154. The number of hydrogen-bond acceptors (Lipinski definition) is 3. The molecule has 1 aliphatic carbocycles. The minimum atomic E-state index is -0.552. The molecular formula is C17H24O3. The molecule has 0 bridgehead atoms. The monoisotopic (exact) mass is 276 g/mol. The van der Waals surface area contributed by atoms with Gasteiger partial charge in [0.1, 0.15) is 12.0 Å². The van der Waals surface area contributed by atoms with Crippen molar-refractivity contribution in [1.82, 2.24) is 0 Å². The van der Waals surface area contributed by atoms with Gasteiger partial charge < -0.3 is 9.47 Å². The Kier molecular flexibility index (Phi) is 3.67. The van der Waals surface area contributed by atoms with Gasteiger partial charge in [-0.1, -0.05) is 58.0 Å². The highest BCUT2D eigenvalue weighted by Gasteiger charge is 2.81. The fourth-order valence-corrected chi connectivity index (χ4v) is 3.42. The maximum Gasteiger partial charge on any atom is 0.315 e. The minimum absolute atomic E-state index is 0.121. The van der Waals surface area contributed by atoms with Crippen LogP contribution in [0.2, 0.25) is 0 Å². The van der Waals surface area contributed by atoms with Gasteiger partial charge in [-0.15, -0.1) is 0 Å². The van der Waals surface area contributed by atoms with E-state index in [1.165, 1.54) is 0 Å². The summed E-state index contributed by atoms with van der Waals surface area (Å²) >= 11 is 0. The van der Waals surface area contributed by atoms with E-state index in [2.05, 4.69) is 27.7 Å². The lowest BCUT2D eigenvalue weighted by Crippen LogP contribution is -2.30. The van der Waals surface area contributed by atoms with Crippen molar-refractivity contribution in [2.75, 3.05) is 13.7 Å². The summed E-state index contributed by atoms with van der Waals surface area (Å²) in [6.45, 7) is 9.15. The molecular weight excluding hydrogens is 252 g/mol. The zero-order valence-corrected chi connectivity index (χ0v) is 13.0. The van der Waals surface area contributed by atoms with E-state index in [0.717, 1.165) is 5.56 Å². The molecule has 1 fully saturated rings. The van der Waals surface area contributed by atoms with Gasteiger partial charge in [0, 0.05) is 7.11 Å². The van der Waals surface area contributed by atoms with E-state index >= 15 is 0 Å². The molecule has 0 N–H and O–H groups in total.